The van der Waals surface area contributed by atoms with Gasteiger partial charge in [-0.3, -0.25) is 14.4 Å². The highest BCUT2D eigenvalue weighted by molar-refractivity contribution is 6.01. The number of ether oxygens (including phenoxy) is 2. The molecule has 7 heteroatoms. The van der Waals surface area contributed by atoms with E-state index in [9.17, 15) is 14.4 Å². The monoisotopic (exact) mass is 334 g/mol. The van der Waals surface area contributed by atoms with Gasteiger partial charge in [0.25, 0.3) is 5.91 Å². The lowest BCUT2D eigenvalue weighted by molar-refractivity contribution is -0.122. The topological polar surface area (TPSA) is 84.9 Å². The molecule has 7 nitrogen and oxygen atoms in total. The number of hydrogen-bond acceptors (Lipinski definition) is 5. The van der Waals surface area contributed by atoms with Crippen molar-refractivity contribution in [2.24, 2.45) is 0 Å². The summed E-state index contributed by atoms with van der Waals surface area (Å²) in [6.07, 6.45) is 0.923. The van der Waals surface area contributed by atoms with E-state index in [2.05, 4.69) is 5.32 Å². The Balaban J connectivity index is 2.00. The molecular formula is C17H22N2O5. The predicted octanol–water partition coefficient (Wildman–Crippen LogP) is 1.16. The van der Waals surface area contributed by atoms with Crippen molar-refractivity contribution >= 4 is 23.3 Å². The lowest BCUT2D eigenvalue weighted by Crippen LogP contribution is -2.41. The largest absolute Gasteiger partial charge is 0.482 e. The molecule has 2 amide bonds. The zero-order chi connectivity index (χ0) is 17.5. The van der Waals surface area contributed by atoms with Gasteiger partial charge in [-0.05, 0) is 31.5 Å². The van der Waals surface area contributed by atoms with Gasteiger partial charge in [-0.25, -0.2) is 0 Å². The van der Waals surface area contributed by atoms with Crippen LogP contribution in [0.4, 0.5) is 5.69 Å². The Bertz CT molecular complexity index is 629. The molecule has 130 valence electrons. The molecule has 0 radical (unpaired) electrons. The Hall–Kier alpha value is -2.41. The second kappa shape index (κ2) is 8.44. The maximum atomic E-state index is 12.1. The average molecular weight is 334 g/mol. The zero-order valence-electron chi connectivity index (χ0n) is 14.0. The number of nitrogens with zero attached hydrogens (tertiary/aromatic N) is 1. The van der Waals surface area contributed by atoms with Gasteiger partial charge in [0.2, 0.25) is 5.91 Å². The lowest BCUT2D eigenvalue weighted by Gasteiger charge is -2.29. The van der Waals surface area contributed by atoms with Crippen LogP contribution in [0, 0.1) is 0 Å². The molecule has 1 aromatic rings. The maximum Gasteiger partial charge on any atom is 0.265 e. The molecule has 0 saturated carbocycles. The zero-order valence-corrected chi connectivity index (χ0v) is 14.0. The summed E-state index contributed by atoms with van der Waals surface area (Å²) >= 11 is 0. The number of anilines is 1. The Morgan fingerprint density at radius 1 is 1.38 bits per heavy atom. The van der Waals surface area contributed by atoms with Crippen molar-refractivity contribution in [3.63, 3.8) is 0 Å². The average Bonchev–Trinajstić information content (AvgIpc) is 2.57. The van der Waals surface area contributed by atoms with Crippen LogP contribution in [0.2, 0.25) is 0 Å². The molecular weight excluding hydrogens is 312 g/mol. The van der Waals surface area contributed by atoms with Gasteiger partial charge in [0.05, 0.1) is 5.69 Å². The molecule has 0 fully saturated rings. The number of amides is 2. The molecule has 0 saturated heterocycles. The Morgan fingerprint density at radius 3 is 2.88 bits per heavy atom. The van der Waals surface area contributed by atoms with E-state index < -0.39 is 0 Å². The van der Waals surface area contributed by atoms with Crippen LogP contribution in [-0.4, -0.2) is 51.0 Å². The number of Topliss-reactive ketones (excluding diaryl/α,β-unsaturated/α-hetero) is 1. The number of hydrogen-bond donors (Lipinski definition) is 1. The third-order valence-corrected chi connectivity index (χ3v) is 3.72. The molecule has 1 aliphatic heterocycles. The number of carbonyl (C=O) groups excluding carboxylic acids is 3. The Kier molecular flexibility index (Phi) is 6.31. The van der Waals surface area contributed by atoms with Gasteiger partial charge in [-0.1, -0.05) is 0 Å². The summed E-state index contributed by atoms with van der Waals surface area (Å²) in [6, 6.07) is 4.97. The van der Waals surface area contributed by atoms with Crippen molar-refractivity contribution in [1.29, 1.82) is 0 Å². The summed E-state index contributed by atoms with van der Waals surface area (Å²) in [4.78, 5) is 37.0. The molecule has 24 heavy (non-hydrogen) atoms. The Labute approximate surface area is 140 Å². The second-order valence-corrected chi connectivity index (χ2v) is 5.52. The number of methoxy groups -OCH3 is 1. The standard InChI is InChI=1S/C17H22N2O5/c1-12(20)13-4-5-15-14(10-13)19(17(22)11-24-15)8-6-16(21)18-7-3-9-23-2/h4-5,10H,3,6-9,11H2,1-2H3,(H,18,21). The van der Waals surface area contributed by atoms with Crippen LogP contribution in [-0.2, 0) is 14.3 Å². The predicted molar refractivity (Wildman–Crippen MR) is 88.4 cm³/mol. The highest BCUT2D eigenvalue weighted by Gasteiger charge is 2.26. The summed E-state index contributed by atoms with van der Waals surface area (Å²) < 4.78 is 10.3. The Morgan fingerprint density at radius 2 is 2.17 bits per heavy atom. The molecule has 0 aromatic heterocycles. The van der Waals surface area contributed by atoms with E-state index in [1.807, 2.05) is 0 Å². The van der Waals surface area contributed by atoms with Gasteiger partial charge in [0, 0.05) is 38.8 Å². The smallest absolute Gasteiger partial charge is 0.265 e. The van der Waals surface area contributed by atoms with Gasteiger partial charge in [0.15, 0.2) is 12.4 Å². The van der Waals surface area contributed by atoms with Crippen molar-refractivity contribution < 1.29 is 23.9 Å². The fourth-order valence-electron chi connectivity index (χ4n) is 2.41. The van der Waals surface area contributed by atoms with Gasteiger partial charge >= 0.3 is 0 Å². The summed E-state index contributed by atoms with van der Waals surface area (Å²) in [5.41, 5.74) is 1.03. The molecule has 0 atom stereocenters. The summed E-state index contributed by atoms with van der Waals surface area (Å²) in [7, 11) is 1.61. The molecule has 1 heterocycles. The van der Waals surface area contributed by atoms with E-state index in [1.54, 1.807) is 25.3 Å². The molecule has 1 N–H and O–H groups in total. The van der Waals surface area contributed by atoms with Crippen molar-refractivity contribution in [1.82, 2.24) is 5.32 Å². The van der Waals surface area contributed by atoms with E-state index >= 15 is 0 Å². The second-order valence-electron chi connectivity index (χ2n) is 5.52. The van der Waals surface area contributed by atoms with E-state index in [0.717, 1.165) is 6.42 Å². The first kappa shape index (κ1) is 17.9. The fourth-order valence-corrected chi connectivity index (χ4v) is 2.41. The summed E-state index contributed by atoms with van der Waals surface area (Å²) in [5, 5.41) is 2.78. The quantitative estimate of drug-likeness (QED) is 0.569. The third kappa shape index (κ3) is 4.55. The van der Waals surface area contributed by atoms with Crippen LogP contribution >= 0.6 is 0 Å². The van der Waals surface area contributed by atoms with E-state index in [4.69, 9.17) is 9.47 Å². The van der Waals surface area contributed by atoms with Gasteiger partial charge in [-0.2, -0.15) is 0 Å². The molecule has 0 spiro atoms. The third-order valence-electron chi connectivity index (χ3n) is 3.72. The molecule has 1 aliphatic rings. The van der Waals surface area contributed by atoms with Crippen LogP contribution in [0.3, 0.4) is 0 Å². The van der Waals surface area contributed by atoms with Crippen LogP contribution in [0.5, 0.6) is 5.75 Å². The maximum absolute atomic E-state index is 12.1. The summed E-state index contributed by atoms with van der Waals surface area (Å²) in [5.74, 6) is 0.0943. The first-order valence-corrected chi connectivity index (χ1v) is 7.86. The van der Waals surface area contributed by atoms with Crippen LogP contribution in [0.15, 0.2) is 18.2 Å². The number of ketones is 1. The number of carbonyl (C=O) groups is 3. The number of rotatable bonds is 8. The van der Waals surface area contributed by atoms with Crippen LogP contribution in [0.1, 0.15) is 30.1 Å². The minimum atomic E-state index is -0.226. The van der Waals surface area contributed by atoms with Crippen molar-refractivity contribution in [3.05, 3.63) is 23.8 Å². The normalized spacial score (nSPS) is 13.2. The van der Waals surface area contributed by atoms with Crippen molar-refractivity contribution in [3.8, 4) is 5.75 Å². The molecule has 2 rings (SSSR count). The van der Waals surface area contributed by atoms with Gasteiger partial charge < -0.3 is 19.7 Å². The van der Waals surface area contributed by atoms with Crippen molar-refractivity contribution in [2.45, 2.75) is 19.8 Å². The minimum Gasteiger partial charge on any atom is -0.482 e. The highest BCUT2D eigenvalue weighted by atomic mass is 16.5. The fraction of sp³-hybridized carbons (Fsp3) is 0.471. The lowest BCUT2D eigenvalue weighted by atomic mass is 10.1. The van der Waals surface area contributed by atoms with E-state index in [-0.39, 0.29) is 37.2 Å². The number of nitrogens with one attached hydrogen (secondary N) is 1. The molecule has 0 unspecified atom stereocenters. The van der Waals surface area contributed by atoms with E-state index in [0.29, 0.717) is 30.2 Å². The highest BCUT2D eigenvalue weighted by Crippen LogP contribution is 2.33. The molecule has 1 aromatic carbocycles. The summed E-state index contributed by atoms with van der Waals surface area (Å²) in [6.45, 7) is 2.76. The van der Waals surface area contributed by atoms with Gasteiger partial charge in [0.1, 0.15) is 5.75 Å². The first-order chi connectivity index (χ1) is 11.5. The van der Waals surface area contributed by atoms with Gasteiger partial charge in [-0.15, -0.1) is 0 Å². The van der Waals surface area contributed by atoms with Crippen molar-refractivity contribution in [2.75, 3.05) is 38.3 Å². The minimum absolute atomic E-state index is 0.0676. The van der Waals surface area contributed by atoms with Crippen LogP contribution < -0.4 is 15.0 Å². The SMILES string of the molecule is COCCCNC(=O)CCN1C(=O)COc2ccc(C(C)=O)cc21. The van der Waals surface area contributed by atoms with E-state index in [1.165, 1.54) is 11.8 Å². The molecule has 0 bridgehead atoms. The number of fused-ring (bicyclic) bond motifs is 1. The van der Waals surface area contributed by atoms with Crippen LogP contribution in [0.25, 0.3) is 0 Å². The molecule has 0 aliphatic carbocycles. The first-order valence-electron chi connectivity index (χ1n) is 7.86. The number of benzene rings is 1.